The second-order valence-corrected chi connectivity index (χ2v) is 4.56. The maximum atomic E-state index is 6.11. The first-order chi connectivity index (χ1) is 7.33. The summed E-state index contributed by atoms with van der Waals surface area (Å²) in [6.45, 7) is 2.17. The van der Waals surface area contributed by atoms with Crippen molar-refractivity contribution in [3.63, 3.8) is 0 Å². The van der Waals surface area contributed by atoms with Crippen LogP contribution < -0.4 is 5.73 Å². The van der Waals surface area contributed by atoms with Crippen molar-refractivity contribution in [2.45, 2.75) is 18.2 Å². The number of rotatable bonds is 3. The van der Waals surface area contributed by atoms with E-state index in [1.165, 1.54) is 11.3 Å². The van der Waals surface area contributed by atoms with E-state index in [2.05, 4.69) is 24.0 Å². The highest BCUT2D eigenvalue weighted by atomic mass is 32.2. The number of hydrogen-bond acceptors (Lipinski definition) is 3. The van der Waals surface area contributed by atoms with E-state index >= 15 is 0 Å². The van der Waals surface area contributed by atoms with E-state index in [9.17, 15) is 0 Å². The average molecular weight is 218 g/mol. The Labute approximate surface area is 93.9 Å². The van der Waals surface area contributed by atoms with Crippen LogP contribution in [0.3, 0.4) is 0 Å². The van der Waals surface area contributed by atoms with Gasteiger partial charge < -0.3 is 5.73 Å². The molecule has 78 valence electrons. The zero-order chi connectivity index (χ0) is 10.7. The third kappa shape index (κ3) is 2.07. The molecular formula is C12H14N2S. The Morgan fingerprint density at radius 1 is 1.33 bits per heavy atom. The van der Waals surface area contributed by atoms with Gasteiger partial charge in [-0.15, -0.1) is 11.8 Å². The number of nitrogens with zero attached hydrogens (tertiary/aromatic N) is 1. The molecular weight excluding hydrogens is 204 g/mol. The van der Waals surface area contributed by atoms with Gasteiger partial charge in [0.25, 0.3) is 0 Å². The number of nitrogens with two attached hydrogens (primary N) is 1. The minimum absolute atomic E-state index is 0.883. The molecule has 1 heterocycles. The van der Waals surface area contributed by atoms with Crippen molar-refractivity contribution in [2.24, 2.45) is 0 Å². The van der Waals surface area contributed by atoms with Gasteiger partial charge in [-0.3, -0.25) is 4.98 Å². The summed E-state index contributed by atoms with van der Waals surface area (Å²) in [6, 6.07) is 6.14. The number of fused-ring (bicyclic) bond motifs is 1. The first-order valence-electron chi connectivity index (χ1n) is 5.08. The van der Waals surface area contributed by atoms with E-state index < -0.39 is 0 Å². The largest absolute Gasteiger partial charge is 0.397 e. The molecule has 0 radical (unpaired) electrons. The van der Waals surface area contributed by atoms with Gasteiger partial charge in [0.1, 0.15) is 0 Å². The maximum Gasteiger partial charge on any atom is 0.0533 e. The number of aromatic nitrogens is 1. The number of benzene rings is 1. The Morgan fingerprint density at radius 3 is 3.00 bits per heavy atom. The van der Waals surface area contributed by atoms with Crippen LogP contribution in [0.4, 0.5) is 5.69 Å². The van der Waals surface area contributed by atoms with Crippen molar-refractivity contribution < 1.29 is 0 Å². The van der Waals surface area contributed by atoms with Crippen molar-refractivity contribution in [1.29, 1.82) is 0 Å². The normalized spacial score (nSPS) is 10.7. The smallest absolute Gasteiger partial charge is 0.0533 e. The Bertz CT molecular complexity index is 468. The summed E-state index contributed by atoms with van der Waals surface area (Å²) in [6.07, 6.45) is 4.80. The molecule has 2 aromatic rings. The predicted molar refractivity (Wildman–Crippen MR) is 67.2 cm³/mol. The fraction of sp³-hybridized carbons (Fsp3) is 0.250. The van der Waals surface area contributed by atoms with Crippen molar-refractivity contribution in [2.75, 3.05) is 11.5 Å². The molecule has 0 fully saturated rings. The van der Waals surface area contributed by atoms with Crippen molar-refractivity contribution in [1.82, 2.24) is 4.98 Å². The zero-order valence-electron chi connectivity index (χ0n) is 8.73. The number of pyridine rings is 1. The van der Waals surface area contributed by atoms with Gasteiger partial charge in [-0.05, 0) is 24.3 Å². The Kier molecular flexibility index (Phi) is 3.11. The summed E-state index contributed by atoms with van der Waals surface area (Å²) in [5.74, 6) is 1.11. The summed E-state index contributed by atoms with van der Waals surface area (Å²) in [4.78, 5) is 5.26. The van der Waals surface area contributed by atoms with Gasteiger partial charge in [0, 0.05) is 28.1 Å². The van der Waals surface area contributed by atoms with Gasteiger partial charge in [0.05, 0.1) is 5.69 Å². The molecule has 0 saturated carbocycles. The van der Waals surface area contributed by atoms with Crippen LogP contribution in [0.15, 0.2) is 35.5 Å². The van der Waals surface area contributed by atoms with Gasteiger partial charge in [0.15, 0.2) is 0 Å². The SMILES string of the molecule is CCCSc1ccc2cnccc2c1N. The second kappa shape index (κ2) is 4.53. The summed E-state index contributed by atoms with van der Waals surface area (Å²) >= 11 is 1.82. The molecule has 3 heteroatoms. The number of hydrogen-bond donors (Lipinski definition) is 1. The number of nitrogen functional groups attached to an aromatic ring is 1. The Morgan fingerprint density at radius 2 is 2.20 bits per heavy atom. The lowest BCUT2D eigenvalue weighted by atomic mass is 10.1. The molecule has 0 unspecified atom stereocenters. The van der Waals surface area contributed by atoms with Crippen LogP contribution in [0.5, 0.6) is 0 Å². The molecule has 1 aromatic carbocycles. The van der Waals surface area contributed by atoms with Crippen LogP contribution in [0.25, 0.3) is 10.8 Å². The standard InChI is InChI=1S/C12H14N2S/c1-2-7-15-11-4-3-9-8-14-6-5-10(9)12(11)13/h3-6,8H,2,7,13H2,1H3. The van der Waals surface area contributed by atoms with Crippen LogP contribution in [0.1, 0.15) is 13.3 Å². The lowest BCUT2D eigenvalue weighted by Gasteiger charge is -2.07. The molecule has 0 bridgehead atoms. The molecule has 2 N–H and O–H groups in total. The van der Waals surface area contributed by atoms with Crippen LogP contribution >= 0.6 is 11.8 Å². The molecule has 0 amide bonds. The lowest BCUT2D eigenvalue weighted by molar-refractivity contribution is 1.10. The van der Waals surface area contributed by atoms with Crippen molar-refractivity contribution in [3.8, 4) is 0 Å². The van der Waals surface area contributed by atoms with Crippen molar-refractivity contribution in [3.05, 3.63) is 30.6 Å². The summed E-state index contributed by atoms with van der Waals surface area (Å²) in [5.41, 5.74) is 6.99. The summed E-state index contributed by atoms with van der Waals surface area (Å²) in [5, 5.41) is 2.21. The van der Waals surface area contributed by atoms with Crippen LogP contribution in [-0.4, -0.2) is 10.7 Å². The molecule has 15 heavy (non-hydrogen) atoms. The van der Waals surface area contributed by atoms with E-state index in [4.69, 9.17) is 5.73 Å². The Balaban J connectivity index is 2.45. The molecule has 0 aliphatic heterocycles. The predicted octanol–water partition coefficient (Wildman–Crippen LogP) is 3.32. The molecule has 0 atom stereocenters. The fourth-order valence-electron chi connectivity index (χ4n) is 1.51. The van der Waals surface area contributed by atoms with E-state index in [1.807, 2.05) is 24.0 Å². The highest BCUT2D eigenvalue weighted by Gasteiger charge is 2.03. The van der Waals surface area contributed by atoms with Crippen LogP contribution in [0.2, 0.25) is 0 Å². The van der Waals surface area contributed by atoms with Crippen LogP contribution in [-0.2, 0) is 0 Å². The number of anilines is 1. The van der Waals surface area contributed by atoms with E-state index in [0.29, 0.717) is 0 Å². The molecule has 0 saturated heterocycles. The third-order valence-corrected chi connectivity index (χ3v) is 3.56. The monoisotopic (exact) mass is 218 g/mol. The Hall–Kier alpha value is -1.22. The maximum absolute atomic E-state index is 6.11. The summed E-state index contributed by atoms with van der Waals surface area (Å²) < 4.78 is 0. The average Bonchev–Trinajstić information content (AvgIpc) is 2.29. The van der Waals surface area contributed by atoms with Crippen LogP contribution in [0, 0.1) is 0 Å². The molecule has 2 rings (SSSR count). The molecule has 2 nitrogen and oxygen atoms in total. The zero-order valence-corrected chi connectivity index (χ0v) is 9.55. The molecule has 0 spiro atoms. The topological polar surface area (TPSA) is 38.9 Å². The minimum Gasteiger partial charge on any atom is -0.397 e. The van der Waals surface area contributed by atoms with E-state index in [0.717, 1.165) is 22.2 Å². The highest BCUT2D eigenvalue weighted by Crippen LogP contribution is 2.31. The lowest BCUT2D eigenvalue weighted by Crippen LogP contribution is -1.91. The fourth-order valence-corrected chi connectivity index (χ4v) is 2.36. The molecule has 1 aromatic heterocycles. The third-order valence-electron chi connectivity index (χ3n) is 2.28. The first-order valence-corrected chi connectivity index (χ1v) is 6.06. The quantitative estimate of drug-likeness (QED) is 0.634. The van der Waals surface area contributed by atoms with Gasteiger partial charge in [0.2, 0.25) is 0 Å². The van der Waals surface area contributed by atoms with Gasteiger partial charge in [-0.25, -0.2) is 0 Å². The van der Waals surface area contributed by atoms with E-state index in [-0.39, 0.29) is 0 Å². The molecule has 0 aliphatic carbocycles. The minimum atomic E-state index is 0.883. The highest BCUT2D eigenvalue weighted by molar-refractivity contribution is 7.99. The summed E-state index contributed by atoms with van der Waals surface area (Å²) in [7, 11) is 0. The van der Waals surface area contributed by atoms with Gasteiger partial charge in [-0.2, -0.15) is 0 Å². The molecule has 0 aliphatic rings. The van der Waals surface area contributed by atoms with Gasteiger partial charge in [-0.1, -0.05) is 13.0 Å². The number of thioether (sulfide) groups is 1. The van der Waals surface area contributed by atoms with Gasteiger partial charge >= 0.3 is 0 Å². The van der Waals surface area contributed by atoms with Crippen molar-refractivity contribution >= 4 is 28.2 Å². The second-order valence-electron chi connectivity index (χ2n) is 3.42. The van der Waals surface area contributed by atoms with E-state index in [1.54, 1.807) is 6.20 Å². The first kappa shape index (κ1) is 10.3.